The Morgan fingerprint density at radius 2 is 1.19 bits per heavy atom. The lowest BCUT2D eigenvalue weighted by molar-refractivity contribution is -0.127. The van der Waals surface area contributed by atoms with Gasteiger partial charge in [-0.25, -0.2) is 0 Å². The number of rotatable bonds is 2. The van der Waals surface area contributed by atoms with Crippen molar-refractivity contribution < 1.29 is 9.59 Å². The molecule has 0 spiro atoms. The van der Waals surface area contributed by atoms with Gasteiger partial charge in [-0.05, 0) is 57.1 Å². The predicted octanol–water partition coefficient (Wildman–Crippen LogP) is 5.28. The summed E-state index contributed by atoms with van der Waals surface area (Å²) < 4.78 is 0. The van der Waals surface area contributed by atoms with Crippen molar-refractivity contribution in [3.63, 3.8) is 0 Å². The molecule has 0 saturated heterocycles. The van der Waals surface area contributed by atoms with Crippen molar-refractivity contribution in [2.75, 3.05) is 0 Å². The summed E-state index contributed by atoms with van der Waals surface area (Å²) in [5, 5.41) is 0. The summed E-state index contributed by atoms with van der Waals surface area (Å²) >= 11 is 0. The first-order valence-electron chi connectivity index (χ1n) is 7.68. The van der Waals surface area contributed by atoms with Crippen molar-refractivity contribution in [3.8, 4) is 0 Å². The zero-order valence-corrected chi connectivity index (χ0v) is 15.1. The molecule has 2 nitrogen and oxygen atoms in total. The summed E-state index contributed by atoms with van der Waals surface area (Å²) in [4.78, 5) is 22.2. The number of ketones is 2. The Hall–Kier alpha value is -1.18. The van der Waals surface area contributed by atoms with E-state index >= 15 is 0 Å². The van der Waals surface area contributed by atoms with Gasteiger partial charge in [-0.15, -0.1) is 0 Å². The highest BCUT2D eigenvalue weighted by Gasteiger charge is 2.37. The SMILES string of the molecule is CC(C)=CC(=O)C=C(C)C.CC1(C)CC(=O)CC(C)(C)C1. The van der Waals surface area contributed by atoms with Gasteiger partial charge in [0.05, 0.1) is 0 Å². The number of carbonyl (C=O) groups is 2. The van der Waals surface area contributed by atoms with Gasteiger partial charge in [-0.3, -0.25) is 9.59 Å². The van der Waals surface area contributed by atoms with Crippen LogP contribution in [0.3, 0.4) is 0 Å². The molecule has 0 aromatic carbocycles. The van der Waals surface area contributed by atoms with Crippen molar-refractivity contribution in [1.82, 2.24) is 0 Å². The van der Waals surface area contributed by atoms with E-state index in [4.69, 9.17) is 0 Å². The van der Waals surface area contributed by atoms with Crippen molar-refractivity contribution in [1.29, 1.82) is 0 Å². The van der Waals surface area contributed by atoms with Crippen molar-refractivity contribution in [2.24, 2.45) is 10.8 Å². The molecule has 0 amide bonds. The summed E-state index contributed by atoms with van der Waals surface area (Å²) in [5.74, 6) is 0.520. The molecule has 1 saturated carbocycles. The maximum Gasteiger partial charge on any atom is 0.178 e. The van der Waals surface area contributed by atoms with Gasteiger partial charge in [0.25, 0.3) is 0 Å². The Labute approximate surface area is 130 Å². The Bertz CT molecular complexity index is 402. The van der Waals surface area contributed by atoms with Crippen LogP contribution in [-0.4, -0.2) is 11.6 Å². The van der Waals surface area contributed by atoms with E-state index in [2.05, 4.69) is 27.7 Å². The first-order chi connectivity index (χ1) is 9.33. The van der Waals surface area contributed by atoms with E-state index in [9.17, 15) is 9.59 Å². The second-order valence-electron chi connectivity index (χ2n) is 8.24. The molecule has 0 atom stereocenters. The lowest BCUT2D eigenvalue weighted by Crippen LogP contribution is -2.33. The van der Waals surface area contributed by atoms with Crippen molar-refractivity contribution in [3.05, 3.63) is 23.3 Å². The zero-order chi connectivity index (χ0) is 16.8. The average molecular weight is 292 g/mol. The van der Waals surface area contributed by atoms with Gasteiger partial charge in [-0.2, -0.15) is 0 Å². The maximum absolute atomic E-state index is 11.3. The van der Waals surface area contributed by atoms with Gasteiger partial charge in [-0.1, -0.05) is 38.8 Å². The largest absolute Gasteiger partial charge is 0.300 e. The highest BCUT2D eigenvalue weighted by molar-refractivity contribution is 5.99. The third kappa shape index (κ3) is 10.2. The molecule has 0 aromatic heterocycles. The molecular weight excluding hydrogens is 260 g/mol. The summed E-state index contributed by atoms with van der Waals surface area (Å²) in [6.45, 7) is 16.4. The molecule has 0 bridgehead atoms. The molecule has 0 N–H and O–H groups in total. The second-order valence-corrected chi connectivity index (χ2v) is 8.24. The van der Waals surface area contributed by atoms with Crippen molar-refractivity contribution >= 4 is 11.6 Å². The van der Waals surface area contributed by atoms with E-state index in [0.717, 1.165) is 24.0 Å². The number of carbonyl (C=O) groups excluding carboxylic acids is 2. The van der Waals surface area contributed by atoms with Crippen LogP contribution in [0.2, 0.25) is 0 Å². The fourth-order valence-electron chi connectivity index (χ4n) is 3.16. The van der Waals surface area contributed by atoms with Crippen LogP contribution >= 0.6 is 0 Å². The normalized spacial score (nSPS) is 19.0. The van der Waals surface area contributed by atoms with Crippen LogP contribution < -0.4 is 0 Å². The van der Waals surface area contributed by atoms with Gasteiger partial charge in [0, 0.05) is 12.8 Å². The van der Waals surface area contributed by atoms with Gasteiger partial charge in [0.1, 0.15) is 5.78 Å². The molecule has 120 valence electrons. The molecule has 21 heavy (non-hydrogen) atoms. The van der Waals surface area contributed by atoms with E-state index in [0.29, 0.717) is 5.78 Å². The van der Waals surface area contributed by atoms with Crippen LogP contribution in [0, 0.1) is 10.8 Å². The first-order valence-corrected chi connectivity index (χ1v) is 7.68. The molecule has 0 aliphatic heterocycles. The minimum Gasteiger partial charge on any atom is -0.300 e. The van der Waals surface area contributed by atoms with Crippen LogP contribution in [0.15, 0.2) is 23.3 Å². The highest BCUT2D eigenvalue weighted by atomic mass is 16.1. The van der Waals surface area contributed by atoms with Crippen LogP contribution in [0.1, 0.15) is 74.7 Å². The molecule has 1 rings (SSSR count). The Balaban J connectivity index is 0.000000384. The predicted molar refractivity (Wildman–Crippen MR) is 90.3 cm³/mol. The zero-order valence-electron chi connectivity index (χ0n) is 15.1. The molecule has 1 aliphatic carbocycles. The standard InChI is InChI=1S/C10H18O.C9H14O/c1-9(2)5-8(11)6-10(3,4)7-9;1-7(2)5-9(10)6-8(3)4/h5-7H2,1-4H3;5-6H,1-4H3. The minimum atomic E-state index is 0.0833. The number of hydrogen-bond acceptors (Lipinski definition) is 2. The van der Waals surface area contributed by atoms with Crippen LogP contribution in [0.5, 0.6) is 0 Å². The van der Waals surface area contributed by atoms with E-state index in [1.807, 2.05) is 27.7 Å². The number of hydrogen-bond donors (Lipinski definition) is 0. The van der Waals surface area contributed by atoms with Crippen LogP contribution in [-0.2, 0) is 9.59 Å². The highest BCUT2D eigenvalue weighted by Crippen LogP contribution is 2.43. The Kier molecular flexibility index (Phi) is 7.29. The van der Waals surface area contributed by atoms with E-state index in [1.165, 1.54) is 6.42 Å². The third-order valence-electron chi connectivity index (χ3n) is 3.17. The summed E-state index contributed by atoms with van der Waals surface area (Å²) in [5.41, 5.74) is 2.56. The van der Waals surface area contributed by atoms with E-state index in [-0.39, 0.29) is 16.6 Å². The maximum atomic E-state index is 11.3. The molecule has 0 unspecified atom stereocenters. The monoisotopic (exact) mass is 292 g/mol. The van der Waals surface area contributed by atoms with E-state index in [1.54, 1.807) is 12.2 Å². The molecule has 0 radical (unpaired) electrons. The molecule has 1 aliphatic rings. The Morgan fingerprint density at radius 3 is 1.43 bits per heavy atom. The topological polar surface area (TPSA) is 34.1 Å². The number of allylic oxidation sites excluding steroid dienone is 4. The average Bonchev–Trinajstić information content (AvgIpc) is 2.07. The third-order valence-corrected chi connectivity index (χ3v) is 3.17. The smallest absolute Gasteiger partial charge is 0.178 e. The minimum absolute atomic E-state index is 0.0833. The summed E-state index contributed by atoms with van der Waals surface area (Å²) in [7, 11) is 0. The van der Waals surface area contributed by atoms with Gasteiger partial charge >= 0.3 is 0 Å². The lowest BCUT2D eigenvalue weighted by atomic mass is 9.65. The molecule has 2 heteroatoms. The van der Waals surface area contributed by atoms with Gasteiger partial charge in [0.2, 0.25) is 0 Å². The van der Waals surface area contributed by atoms with Gasteiger partial charge < -0.3 is 0 Å². The summed E-state index contributed by atoms with van der Waals surface area (Å²) in [6.07, 6.45) is 5.98. The van der Waals surface area contributed by atoms with E-state index < -0.39 is 0 Å². The van der Waals surface area contributed by atoms with Crippen LogP contribution in [0.25, 0.3) is 0 Å². The lowest BCUT2D eigenvalue weighted by Gasteiger charge is -2.39. The fraction of sp³-hybridized carbons (Fsp3) is 0.684. The second kappa shape index (κ2) is 7.72. The molecule has 0 heterocycles. The van der Waals surface area contributed by atoms with Gasteiger partial charge in [0.15, 0.2) is 5.78 Å². The Morgan fingerprint density at radius 1 is 0.857 bits per heavy atom. The summed E-state index contributed by atoms with van der Waals surface area (Å²) in [6, 6.07) is 0. The molecular formula is C19H32O2. The quantitative estimate of drug-likeness (QED) is 0.649. The first kappa shape index (κ1) is 19.8. The van der Waals surface area contributed by atoms with Crippen LogP contribution in [0.4, 0.5) is 0 Å². The molecule has 1 fully saturated rings. The molecule has 0 aromatic rings. The van der Waals surface area contributed by atoms with Crippen molar-refractivity contribution in [2.45, 2.75) is 74.7 Å². The fourth-order valence-corrected chi connectivity index (χ4v) is 3.16. The number of Topliss-reactive ketones (excluding diaryl/α,β-unsaturated/α-hetero) is 1.